The summed E-state index contributed by atoms with van der Waals surface area (Å²) in [6.07, 6.45) is 2.76. The maximum Gasteiger partial charge on any atom is 0.227 e. The van der Waals surface area contributed by atoms with Crippen LogP contribution in [0.3, 0.4) is 0 Å². The van der Waals surface area contributed by atoms with E-state index < -0.39 is 0 Å². The lowest BCUT2D eigenvalue weighted by Crippen LogP contribution is -2.38. The van der Waals surface area contributed by atoms with Crippen molar-refractivity contribution in [3.05, 3.63) is 60.2 Å². The Bertz CT molecular complexity index is 646. The van der Waals surface area contributed by atoms with Crippen molar-refractivity contribution >= 4 is 17.3 Å². The fourth-order valence-corrected chi connectivity index (χ4v) is 3.22. The number of anilines is 2. The van der Waals surface area contributed by atoms with Crippen molar-refractivity contribution < 1.29 is 4.79 Å². The van der Waals surface area contributed by atoms with E-state index in [1.165, 1.54) is 11.3 Å². The molecule has 1 N–H and O–H groups in total. The molecule has 0 bridgehead atoms. The van der Waals surface area contributed by atoms with Crippen LogP contribution in [0.4, 0.5) is 11.4 Å². The summed E-state index contributed by atoms with van der Waals surface area (Å²) < 4.78 is 0. The van der Waals surface area contributed by atoms with Gasteiger partial charge in [0, 0.05) is 30.4 Å². The zero-order chi connectivity index (χ0) is 16.1. The first-order valence-corrected chi connectivity index (χ1v) is 8.46. The zero-order valence-corrected chi connectivity index (χ0v) is 13.7. The molecule has 3 nitrogen and oxygen atoms in total. The number of piperidine rings is 1. The standard InChI is InChI=1S/C20H24N2O/c1-2-16-8-6-7-11-19(16)21-20(23)17-12-14-22(15-13-17)18-9-4-3-5-10-18/h3-11,17H,2,12-15H2,1H3,(H,21,23). The first-order valence-electron chi connectivity index (χ1n) is 8.46. The van der Waals surface area contributed by atoms with Crippen molar-refractivity contribution in [2.24, 2.45) is 5.92 Å². The van der Waals surface area contributed by atoms with Gasteiger partial charge >= 0.3 is 0 Å². The van der Waals surface area contributed by atoms with Crippen LogP contribution in [-0.4, -0.2) is 19.0 Å². The molecular formula is C20H24N2O. The quantitative estimate of drug-likeness (QED) is 0.922. The molecule has 0 atom stereocenters. The summed E-state index contributed by atoms with van der Waals surface area (Å²) in [5, 5.41) is 3.13. The zero-order valence-electron chi connectivity index (χ0n) is 13.7. The van der Waals surface area contributed by atoms with Crippen molar-refractivity contribution in [3.63, 3.8) is 0 Å². The molecule has 3 heteroatoms. The molecule has 1 amide bonds. The number of hydrogen-bond acceptors (Lipinski definition) is 2. The molecule has 1 aliphatic heterocycles. The molecule has 2 aromatic rings. The number of rotatable bonds is 4. The highest BCUT2D eigenvalue weighted by molar-refractivity contribution is 5.93. The van der Waals surface area contributed by atoms with Crippen LogP contribution in [0.2, 0.25) is 0 Å². The predicted molar refractivity (Wildman–Crippen MR) is 95.8 cm³/mol. The van der Waals surface area contributed by atoms with Crippen molar-refractivity contribution in [1.82, 2.24) is 0 Å². The van der Waals surface area contributed by atoms with Crippen molar-refractivity contribution in [1.29, 1.82) is 0 Å². The number of nitrogens with one attached hydrogen (secondary N) is 1. The molecule has 1 heterocycles. The third-order valence-electron chi connectivity index (χ3n) is 4.64. The average molecular weight is 308 g/mol. The van der Waals surface area contributed by atoms with E-state index in [0.717, 1.165) is 38.0 Å². The van der Waals surface area contributed by atoms with Crippen LogP contribution in [0.1, 0.15) is 25.3 Å². The molecule has 0 aliphatic carbocycles. The Morgan fingerprint density at radius 1 is 1.04 bits per heavy atom. The Kier molecular flexibility index (Phi) is 4.96. The third kappa shape index (κ3) is 3.73. The molecule has 120 valence electrons. The predicted octanol–water partition coefficient (Wildman–Crippen LogP) is 4.10. The molecule has 0 spiro atoms. The van der Waals surface area contributed by atoms with Gasteiger partial charge in [-0.15, -0.1) is 0 Å². The van der Waals surface area contributed by atoms with Crippen LogP contribution in [0.5, 0.6) is 0 Å². The van der Waals surface area contributed by atoms with Gasteiger partial charge in [-0.2, -0.15) is 0 Å². The molecule has 0 radical (unpaired) electrons. The van der Waals surface area contributed by atoms with Gasteiger partial charge in [0.25, 0.3) is 0 Å². The molecule has 2 aromatic carbocycles. The van der Waals surface area contributed by atoms with E-state index in [2.05, 4.69) is 47.5 Å². The number of carbonyl (C=O) groups is 1. The summed E-state index contributed by atoms with van der Waals surface area (Å²) in [5.41, 5.74) is 3.41. The summed E-state index contributed by atoms with van der Waals surface area (Å²) in [4.78, 5) is 14.9. The van der Waals surface area contributed by atoms with E-state index >= 15 is 0 Å². The maximum atomic E-state index is 12.5. The van der Waals surface area contributed by atoms with Crippen LogP contribution in [0.15, 0.2) is 54.6 Å². The molecule has 3 rings (SSSR count). The summed E-state index contributed by atoms with van der Waals surface area (Å²) in [6, 6.07) is 18.5. The van der Waals surface area contributed by atoms with Gasteiger partial charge in [0.15, 0.2) is 0 Å². The molecule has 0 saturated carbocycles. The van der Waals surface area contributed by atoms with Gasteiger partial charge in [-0.05, 0) is 43.0 Å². The number of nitrogens with zero attached hydrogens (tertiary/aromatic N) is 1. The lowest BCUT2D eigenvalue weighted by Gasteiger charge is -2.33. The highest BCUT2D eigenvalue weighted by atomic mass is 16.1. The topological polar surface area (TPSA) is 32.3 Å². The van der Waals surface area contributed by atoms with Crippen molar-refractivity contribution in [3.8, 4) is 0 Å². The van der Waals surface area contributed by atoms with Crippen LogP contribution >= 0.6 is 0 Å². The number of hydrogen-bond donors (Lipinski definition) is 1. The van der Waals surface area contributed by atoms with E-state index in [1.54, 1.807) is 0 Å². The van der Waals surface area contributed by atoms with E-state index in [-0.39, 0.29) is 11.8 Å². The van der Waals surface area contributed by atoms with Crippen LogP contribution < -0.4 is 10.2 Å². The van der Waals surface area contributed by atoms with E-state index in [4.69, 9.17) is 0 Å². The minimum Gasteiger partial charge on any atom is -0.371 e. The van der Waals surface area contributed by atoms with Crippen LogP contribution in [-0.2, 0) is 11.2 Å². The number of aryl methyl sites for hydroxylation is 1. The normalized spacial score (nSPS) is 15.4. The Balaban J connectivity index is 1.58. The van der Waals surface area contributed by atoms with E-state index in [9.17, 15) is 4.79 Å². The minimum absolute atomic E-state index is 0.111. The summed E-state index contributed by atoms with van der Waals surface area (Å²) in [6.45, 7) is 4.00. The van der Waals surface area contributed by atoms with E-state index in [0.29, 0.717) is 0 Å². The fraction of sp³-hybridized carbons (Fsp3) is 0.350. The van der Waals surface area contributed by atoms with Gasteiger partial charge in [-0.25, -0.2) is 0 Å². The number of amides is 1. The first-order chi connectivity index (χ1) is 11.3. The van der Waals surface area contributed by atoms with Gasteiger partial charge < -0.3 is 10.2 Å². The van der Waals surface area contributed by atoms with Crippen LogP contribution in [0.25, 0.3) is 0 Å². The highest BCUT2D eigenvalue weighted by Crippen LogP contribution is 2.25. The Labute approximate surface area is 138 Å². The molecule has 1 fully saturated rings. The molecule has 1 saturated heterocycles. The number of benzene rings is 2. The second kappa shape index (κ2) is 7.32. The molecule has 23 heavy (non-hydrogen) atoms. The molecular weight excluding hydrogens is 284 g/mol. The second-order valence-electron chi connectivity index (χ2n) is 6.10. The Hall–Kier alpha value is -2.29. The van der Waals surface area contributed by atoms with Crippen LogP contribution in [0, 0.1) is 5.92 Å². The smallest absolute Gasteiger partial charge is 0.227 e. The second-order valence-corrected chi connectivity index (χ2v) is 6.10. The van der Waals surface area contributed by atoms with Crippen molar-refractivity contribution in [2.75, 3.05) is 23.3 Å². The summed E-state index contributed by atoms with van der Waals surface area (Å²) in [7, 11) is 0. The molecule has 1 aliphatic rings. The van der Waals surface area contributed by atoms with Crippen molar-refractivity contribution in [2.45, 2.75) is 26.2 Å². The monoisotopic (exact) mass is 308 g/mol. The number of carbonyl (C=O) groups excluding carboxylic acids is 1. The van der Waals surface area contributed by atoms with Gasteiger partial charge in [0.1, 0.15) is 0 Å². The van der Waals surface area contributed by atoms with Gasteiger partial charge in [0.2, 0.25) is 5.91 Å². The van der Waals surface area contributed by atoms with Gasteiger partial charge in [-0.1, -0.05) is 43.3 Å². The SMILES string of the molecule is CCc1ccccc1NC(=O)C1CCN(c2ccccc2)CC1. The lowest BCUT2D eigenvalue weighted by molar-refractivity contribution is -0.120. The highest BCUT2D eigenvalue weighted by Gasteiger charge is 2.25. The van der Waals surface area contributed by atoms with Gasteiger partial charge in [-0.3, -0.25) is 4.79 Å². The largest absolute Gasteiger partial charge is 0.371 e. The maximum absolute atomic E-state index is 12.5. The summed E-state index contributed by atoms with van der Waals surface area (Å²) in [5.74, 6) is 0.276. The average Bonchev–Trinajstić information content (AvgIpc) is 2.63. The summed E-state index contributed by atoms with van der Waals surface area (Å²) >= 11 is 0. The molecule has 0 unspecified atom stereocenters. The minimum atomic E-state index is 0.111. The lowest BCUT2D eigenvalue weighted by atomic mass is 9.95. The number of para-hydroxylation sites is 2. The molecule has 0 aromatic heterocycles. The third-order valence-corrected chi connectivity index (χ3v) is 4.64. The fourth-order valence-electron chi connectivity index (χ4n) is 3.22. The van der Waals surface area contributed by atoms with Gasteiger partial charge in [0.05, 0.1) is 0 Å². The van der Waals surface area contributed by atoms with E-state index in [1.807, 2.05) is 24.3 Å². The first kappa shape index (κ1) is 15.6. The Morgan fingerprint density at radius 3 is 2.39 bits per heavy atom. The Morgan fingerprint density at radius 2 is 1.70 bits per heavy atom.